The molecule has 0 aliphatic heterocycles. The van der Waals surface area contributed by atoms with Gasteiger partial charge in [-0.1, -0.05) is 0 Å². The van der Waals surface area contributed by atoms with Crippen molar-refractivity contribution in [2.45, 2.75) is 19.4 Å². The molecule has 21 heavy (non-hydrogen) atoms. The molecule has 0 radical (unpaired) electrons. The first-order valence-electron chi connectivity index (χ1n) is 6.58. The average Bonchev–Trinajstić information content (AvgIpc) is 2.36. The molecule has 1 nitrogen and oxygen atoms in total. The SMILES string of the molecule is CC(NCCc1cc(F)cc(F)c1)c1cc(F)cc(F)c1. The van der Waals surface area contributed by atoms with Crippen molar-refractivity contribution in [1.82, 2.24) is 5.32 Å². The van der Waals surface area contributed by atoms with Crippen LogP contribution in [0.5, 0.6) is 0 Å². The normalized spacial score (nSPS) is 12.4. The summed E-state index contributed by atoms with van der Waals surface area (Å²) in [6.07, 6.45) is 0.414. The van der Waals surface area contributed by atoms with Crippen LogP contribution in [0.4, 0.5) is 17.6 Å². The highest BCUT2D eigenvalue weighted by Gasteiger charge is 2.08. The molecule has 2 aromatic carbocycles. The van der Waals surface area contributed by atoms with Gasteiger partial charge in [-0.25, -0.2) is 17.6 Å². The number of rotatable bonds is 5. The van der Waals surface area contributed by atoms with Crippen molar-refractivity contribution in [1.29, 1.82) is 0 Å². The smallest absolute Gasteiger partial charge is 0.126 e. The van der Waals surface area contributed by atoms with Crippen LogP contribution in [0.25, 0.3) is 0 Å². The van der Waals surface area contributed by atoms with Crippen molar-refractivity contribution in [3.05, 3.63) is 70.8 Å². The zero-order chi connectivity index (χ0) is 15.4. The molecule has 0 aromatic heterocycles. The molecule has 1 unspecified atom stereocenters. The fourth-order valence-electron chi connectivity index (χ4n) is 2.13. The van der Waals surface area contributed by atoms with Gasteiger partial charge in [0.2, 0.25) is 0 Å². The third kappa shape index (κ3) is 4.56. The molecule has 0 saturated carbocycles. The lowest BCUT2D eigenvalue weighted by Gasteiger charge is -2.14. The largest absolute Gasteiger partial charge is 0.310 e. The molecule has 0 saturated heterocycles. The van der Waals surface area contributed by atoms with Gasteiger partial charge in [-0.15, -0.1) is 0 Å². The fourth-order valence-corrected chi connectivity index (χ4v) is 2.13. The standard InChI is InChI=1S/C16H15F4N/c1-10(12-6-15(19)9-16(20)7-12)21-3-2-11-4-13(17)8-14(18)5-11/h4-10,21H,2-3H2,1H3. The molecule has 2 rings (SSSR count). The summed E-state index contributed by atoms with van der Waals surface area (Å²) < 4.78 is 52.3. The first kappa shape index (κ1) is 15.5. The Labute approximate surface area is 120 Å². The van der Waals surface area contributed by atoms with Crippen molar-refractivity contribution in [2.24, 2.45) is 0 Å². The minimum atomic E-state index is -0.633. The maximum absolute atomic E-state index is 13.1. The number of hydrogen-bond acceptors (Lipinski definition) is 1. The van der Waals surface area contributed by atoms with E-state index in [9.17, 15) is 17.6 Å². The topological polar surface area (TPSA) is 12.0 Å². The first-order valence-corrected chi connectivity index (χ1v) is 6.58. The molecule has 0 heterocycles. The third-order valence-corrected chi connectivity index (χ3v) is 3.17. The molecule has 5 heteroatoms. The van der Waals surface area contributed by atoms with Crippen LogP contribution in [-0.2, 0) is 6.42 Å². The van der Waals surface area contributed by atoms with Gasteiger partial charge in [-0.2, -0.15) is 0 Å². The Bertz CT molecular complexity index is 587. The minimum Gasteiger partial charge on any atom is -0.310 e. The zero-order valence-corrected chi connectivity index (χ0v) is 11.5. The van der Waals surface area contributed by atoms with E-state index in [0.29, 0.717) is 24.1 Å². The van der Waals surface area contributed by atoms with Crippen LogP contribution in [0.2, 0.25) is 0 Å². The van der Waals surface area contributed by atoms with Crippen molar-refractivity contribution in [2.75, 3.05) is 6.54 Å². The molecular weight excluding hydrogens is 282 g/mol. The highest BCUT2D eigenvalue weighted by molar-refractivity contribution is 5.21. The van der Waals surface area contributed by atoms with Gasteiger partial charge in [0.05, 0.1) is 0 Å². The average molecular weight is 297 g/mol. The third-order valence-electron chi connectivity index (χ3n) is 3.17. The van der Waals surface area contributed by atoms with E-state index in [0.717, 1.165) is 12.1 Å². The van der Waals surface area contributed by atoms with E-state index in [1.54, 1.807) is 6.92 Å². The summed E-state index contributed by atoms with van der Waals surface area (Å²) in [6, 6.07) is 6.38. The summed E-state index contributed by atoms with van der Waals surface area (Å²) in [6.45, 7) is 2.20. The lowest BCUT2D eigenvalue weighted by atomic mass is 10.1. The van der Waals surface area contributed by atoms with Gasteiger partial charge >= 0.3 is 0 Å². The highest BCUT2D eigenvalue weighted by Crippen LogP contribution is 2.16. The van der Waals surface area contributed by atoms with Crippen LogP contribution >= 0.6 is 0 Å². The Hall–Kier alpha value is -1.88. The van der Waals surface area contributed by atoms with Crippen LogP contribution in [0.3, 0.4) is 0 Å². The lowest BCUT2D eigenvalue weighted by Crippen LogP contribution is -2.21. The molecular formula is C16H15F4N. The van der Waals surface area contributed by atoms with Gasteiger partial charge in [-0.3, -0.25) is 0 Å². The predicted molar refractivity (Wildman–Crippen MR) is 72.8 cm³/mol. The molecule has 2 aromatic rings. The van der Waals surface area contributed by atoms with E-state index in [1.165, 1.54) is 24.3 Å². The Morgan fingerprint density at radius 2 is 1.29 bits per heavy atom. The molecule has 0 aliphatic carbocycles. The molecule has 0 aliphatic rings. The Morgan fingerprint density at radius 1 is 0.810 bits per heavy atom. The van der Waals surface area contributed by atoms with Gasteiger partial charge in [-0.05, 0) is 55.3 Å². The second-order valence-electron chi connectivity index (χ2n) is 4.91. The van der Waals surface area contributed by atoms with E-state index < -0.39 is 23.3 Å². The molecule has 0 fully saturated rings. The van der Waals surface area contributed by atoms with Crippen molar-refractivity contribution in [3.8, 4) is 0 Å². The summed E-state index contributed by atoms with van der Waals surface area (Å²) in [5, 5.41) is 3.06. The number of nitrogens with one attached hydrogen (secondary N) is 1. The fraction of sp³-hybridized carbons (Fsp3) is 0.250. The minimum absolute atomic E-state index is 0.270. The van der Waals surface area contributed by atoms with Gasteiger partial charge < -0.3 is 5.32 Å². The lowest BCUT2D eigenvalue weighted by molar-refractivity contribution is 0.544. The number of halogens is 4. The van der Waals surface area contributed by atoms with Crippen molar-refractivity contribution in [3.63, 3.8) is 0 Å². The maximum Gasteiger partial charge on any atom is 0.126 e. The van der Waals surface area contributed by atoms with E-state index >= 15 is 0 Å². The summed E-state index contributed by atoms with van der Waals surface area (Å²) in [5.74, 6) is -2.51. The van der Waals surface area contributed by atoms with E-state index in [-0.39, 0.29) is 6.04 Å². The Balaban J connectivity index is 1.93. The summed E-state index contributed by atoms with van der Waals surface area (Å²) >= 11 is 0. The van der Waals surface area contributed by atoms with Crippen LogP contribution in [0.1, 0.15) is 24.1 Å². The number of benzene rings is 2. The highest BCUT2D eigenvalue weighted by atomic mass is 19.1. The van der Waals surface area contributed by atoms with Crippen LogP contribution in [-0.4, -0.2) is 6.54 Å². The van der Waals surface area contributed by atoms with E-state index in [2.05, 4.69) is 5.32 Å². The van der Waals surface area contributed by atoms with Gasteiger partial charge in [0.1, 0.15) is 23.3 Å². The van der Waals surface area contributed by atoms with Crippen LogP contribution in [0.15, 0.2) is 36.4 Å². The Morgan fingerprint density at radius 3 is 1.81 bits per heavy atom. The molecule has 0 amide bonds. The molecule has 0 bridgehead atoms. The maximum atomic E-state index is 13.1. The molecule has 1 atom stereocenters. The monoisotopic (exact) mass is 297 g/mol. The Kier molecular flexibility index (Phi) is 4.96. The summed E-state index contributed by atoms with van der Waals surface area (Å²) in [7, 11) is 0. The molecule has 0 spiro atoms. The molecule has 1 N–H and O–H groups in total. The van der Waals surface area contributed by atoms with Crippen molar-refractivity contribution < 1.29 is 17.6 Å². The van der Waals surface area contributed by atoms with E-state index in [1.807, 2.05) is 0 Å². The first-order chi connectivity index (χ1) is 9.94. The zero-order valence-electron chi connectivity index (χ0n) is 11.5. The molecule has 112 valence electrons. The quantitative estimate of drug-likeness (QED) is 0.818. The summed E-state index contributed by atoms with van der Waals surface area (Å²) in [5.41, 5.74) is 1.01. The van der Waals surface area contributed by atoms with Crippen molar-refractivity contribution >= 4 is 0 Å². The number of hydrogen-bond donors (Lipinski definition) is 1. The van der Waals surface area contributed by atoms with Gasteiger partial charge in [0, 0.05) is 18.2 Å². The van der Waals surface area contributed by atoms with E-state index in [4.69, 9.17) is 0 Å². The summed E-state index contributed by atoms with van der Waals surface area (Å²) in [4.78, 5) is 0. The second kappa shape index (κ2) is 6.72. The predicted octanol–water partition coefficient (Wildman–Crippen LogP) is 4.14. The van der Waals surface area contributed by atoms with Gasteiger partial charge in [0.25, 0.3) is 0 Å². The van der Waals surface area contributed by atoms with Crippen LogP contribution < -0.4 is 5.32 Å². The second-order valence-corrected chi connectivity index (χ2v) is 4.91. The van der Waals surface area contributed by atoms with Crippen LogP contribution in [0, 0.1) is 23.3 Å². The van der Waals surface area contributed by atoms with Gasteiger partial charge in [0.15, 0.2) is 0 Å².